The van der Waals surface area contributed by atoms with Crippen molar-refractivity contribution >= 4 is 17.5 Å². The number of fused-ring (bicyclic) bond motifs is 2. The van der Waals surface area contributed by atoms with Gasteiger partial charge in [0.05, 0.1) is 18.1 Å². The number of aliphatic hydroxyl groups excluding tert-OH is 1. The maximum atomic E-state index is 13.5. The number of hydrogen-bond donors (Lipinski definition) is 2. The first-order chi connectivity index (χ1) is 15.6. The van der Waals surface area contributed by atoms with E-state index in [4.69, 9.17) is 0 Å². The number of carbonyl (C=O) groups is 2. The van der Waals surface area contributed by atoms with Gasteiger partial charge in [-0.2, -0.15) is 0 Å². The van der Waals surface area contributed by atoms with Crippen molar-refractivity contribution in [2.45, 2.75) is 37.3 Å². The Kier molecular flexibility index (Phi) is 5.23. The van der Waals surface area contributed by atoms with Gasteiger partial charge in [-0.1, -0.05) is 48.5 Å². The maximum Gasteiger partial charge on any atom is 0.272 e. The quantitative estimate of drug-likeness (QED) is 0.655. The fraction of sp³-hybridized carbons (Fsp3) is 0.269. The molecule has 0 radical (unpaired) electrons. The van der Waals surface area contributed by atoms with Crippen LogP contribution in [0.2, 0.25) is 0 Å². The molecule has 2 aliphatic rings. The van der Waals surface area contributed by atoms with Crippen LogP contribution in [0, 0.1) is 0 Å². The number of anilines is 1. The predicted molar refractivity (Wildman–Crippen MR) is 121 cm³/mol. The van der Waals surface area contributed by atoms with E-state index in [0.717, 1.165) is 17.7 Å². The molecule has 0 bridgehead atoms. The van der Waals surface area contributed by atoms with Crippen LogP contribution in [0.4, 0.5) is 5.69 Å². The Morgan fingerprint density at radius 2 is 1.88 bits per heavy atom. The lowest BCUT2D eigenvalue weighted by Gasteiger charge is -2.34. The highest BCUT2D eigenvalue weighted by atomic mass is 16.3. The number of likely N-dealkylation sites (tertiary alicyclic amines) is 1. The summed E-state index contributed by atoms with van der Waals surface area (Å²) in [5.41, 5.74) is 3.14. The van der Waals surface area contributed by atoms with Crippen LogP contribution in [0.3, 0.4) is 0 Å². The molecule has 5 rings (SSSR count). The molecule has 2 N–H and O–H groups in total. The Labute approximate surface area is 186 Å². The number of para-hydroxylation sites is 1. The van der Waals surface area contributed by atoms with Gasteiger partial charge in [0.15, 0.2) is 0 Å². The van der Waals surface area contributed by atoms with Gasteiger partial charge in [0.25, 0.3) is 5.91 Å². The summed E-state index contributed by atoms with van der Waals surface area (Å²) in [5, 5.41) is 12.5. The van der Waals surface area contributed by atoms with Crippen molar-refractivity contribution in [2.75, 3.05) is 11.9 Å². The van der Waals surface area contributed by atoms with Crippen molar-refractivity contribution in [3.05, 3.63) is 95.3 Å². The third-order valence-corrected chi connectivity index (χ3v) is 6.79. The summed E-state index contributed by atoms with van der Waals surface area (Å²) in [4.78, 5) is 33.0. The number of benzene rings is 2. The zero-order chi connectivity index (χ0) is 22.1. The van der Waals surface area contributed by atoms with E-state index in [1.165, 1.54) is 5.56 Å². The van der Waals surface area contributed by atoms with Crippen molar-refractivity contribution in [2.24, 2.45) is 0 Å². The number of nitrogens with one attached hydrogen (secondary N) is 1. The zero-order valence-electron chi connectivity index (χ0n) is 17.7. The molecule has 3 heterocycles. The van der Waals surface area contributed by atoms with Gasteiger partial charge in [0, 0.05) is 18.4 Å². The molecular formula is C26H25N3O3. The van der Waals surface area contributed by atoms with Crippen molar-refractivity contribution in [3.8, 4) is 0 Å². The highest BCUT2D eigenvalue weighted by Gasteiger charge is 2.58. The molecule has 0 saturated carbocycles. The lowest BCUT2D eigenvalue weighted by Crippen LogP contribution is -2.49. The molecule has 1 aromatic heterocycles. The van der Waals surface area contributed by atoms with Gasteiger partial charge < -0.3 is 15.3 Å². The summed E-state index contributed by atoms with van der Waals surface area (Å²) >= 11 is 0. The molecule has 2 amide bonds. The number of amides is 2. The van der Waals surface area contributed by atoms with Gasteiger partial charge in [-0.25, -0.2) is 0 Å². The van der Waals surface area contributed by atoms with Crippen LogP contribution < -0.4 is 5.32 Å². The van der Waals surface area contributed by atoms with E-state index in [1.807, 2.05) is 47.4 Å². The lowest BCUT2D eigenvalue weighted by molar-refractivity contribution is -0.121. The lowest BCUT2D eigenvalue weighted by atomic mass is 9.73. The number of pyridine rings is 1. The van der Waals surface area contributed by atoms with Crippen LogP contribution in [0.1, 0.15) is 40.0 Å². The maximum absolute atomic E-state index is 13.5. The van der Waals surface area contributed by atoms with E-state index in [-0.39, 0.29) is 24.5 Å². The van der Waals surface area contributed by atoms with Gasteiger partial charge in [-0.15, -0.1) is 0 Å². The third-order valence-electron chi connectivity index (χ3n) is 6.79. The van der Waals surface area contributed by atoms with Gasteiger partial charge >= 0.3 is 0 Å². The van der Waals surface area contributed by atoms with E-state index in [2.05, 4.69) is 22.4 Å². The average molecular weight is 428 g/mol. The van der Waals surface area contributed by atoms with Gasteiger partial charge in [0.2, 0.25) is 5.91 Å². The largest absolute Gasteiger partial charge is 0.392 e. The summed E-state index contributed by atoms with van der Waals surface area (Å²) in [6.45, 7) is 0.324. The van der Waals surface area contributed by atoms with Crippen LogP contribution in [0.15, 0.2) is 72.9 Å². The van der Waals surface area contributed by atoms with Gasteiger partial charge in [0.1, 0.15) is 5.69 Å². The Morgan fingerprint density at radius 3 is 2.69 bits per heavy atom. The fourth-order valence-electron chi connectivity index (χ4n) is 5.23. The summed E-state index contributed by atoms with van der Waals surface area (Å²) in [6.07, 6.45) is 3.54. The summed E-state index contributed by atoms with van der Waals surface area (Å²) in [7, 11) is 0. The predicted octanol–water partition coefficient (Wildman–Crippen LogP) is 3.31. The number of hydrogen-bond acceptors (Lipinski definition) is 4. The number of aliphatic hydroxyl groups is 1. The zero-order valence-corrected chi connectivity index (χ0v) is 17.7. The topological polar surface area (TPSA) is 82.5 Å². The Balaban J connectivity index is 1.53. The molecular weight excluding hydrogens is 402 g/mol. The van der Waals surface area contributed by atoms with E-state index in [0.29, 0.717) is 30.6 Å². The monoisotopic (exact) mass is 427 g/mol. The second kappa shape index (κ2) is 8.20. The van der Waals surface area contributed by atoms with E-state index >= 15 is 0 Å². The molecule has 2 aromatic carbocycles. The number of rotatable bonds is 5. The normalized spacial score (nSPS) is 21.6. The minimum atomic E-state index is -0.768. The molecule has 2 atom stereocenters. The van der Waals surface area contributed by atoms with Crippen molar-refractivity contribution < 1.29 is 14.7 Å². The van der Waals surface area contributed by atoms with Crippen molar-refractivity contribution in [3.63, 3.8) is 0 Å². The first-order valence-corrected chi connectivity index (χ1v) is 10.9. The van der Waals surface area contributed by atoms with Crippen LogP contribution in [-0.4, -0.2) is 39.4 Å². The number of nitrogens with zero attached hydrogens (tertiary/aromatic N) is 2. The van der Waals surface area contributed by atoms with E-state index < -0.39 is 5.41 Å². The highest BCUT2D eigenvalue weighted by Crippen LogP contribution is 2.49. The third kappa shape index (κ3) is 3.28. The van der Waals surface area contributed by atoms with Gasteiger partial charge in [-0.05, 0) is 54.2 Å². The molecule has 2 aliphatic heterocycles. The van der Waals surface area contributed by atoms with E-state index in [1.54, 1.807) is 18.3 Å². The number of aryl methyl sites for hydroxylation is 1. The van der Waals surface area contributed by atoms with Crippen LogP contribution in [-0.2, 0) is 23.2 Å². The first kappa shape index (κ1) is 20.4. The SMILES string of the molecule is O=C(c1cc(CO)ccn1)N1CC[C@@]2(C(=O)Nc3ccccc32)[C@@H]1CCc1ccccc1. The van der Waals surface area contributed by atoms with E-state index in [9.17, 15) is 14.7 Å². The second-order valence-corrected chi connectivity index (χ2v) is 8.47. The van der Waals surface area contributed by atoms with Crippen molar-refractivity contribution in [1.82, 2.24) is 9.88 Å². The smallest absolute Gasteiger partial charge is 0.272 e. The standard InChI is InChI=1S/C26H25N3O3/c30-17-19-12-14-27-22(16-19)24(31)29-15-13-26(20-8-4-5-9-21(20)28-25(26)32)23(29)11-10-18-6-2-1-3-7-18/h1-9,12,14,16,23,30H,10-11,13,15,17H2,(H,28,32)/t23-,26-/m0/s1. The van der Waals surface area contributed by atoms with Crippen LogP contribution >= 0.6 is 0 Å². The highest BCUT2D eigenvalue weighted by molar-refractivity contribution is 6.08. The van der Waals surface area contributed by atoms with Crippen LogP contribution in [0.5, 0.6) is 0 Å². The Hall–Kier alpha value is -3.51. The minimum absolute atomic E-state index is 0.0378. The summed E-state index contributed by atoms with van der Waals surface area (Å²) in [5.74, 6) is -0.239. The average Bonchev–Trinajstić information content (AvgIpc) is 3.36. The molecule has 162 valence electrons. The summed E-state index contributed by atoms with van der Waals surface area (Å²) in [6, 6.07) is 21.0. The molecule has 32 heavy (non-hydrogen) atoms. The Bertz CT molecular complexity index is 1160. The molecule has 0 unspecified atom stereocenters. The second-order valence-electron chi connectivity index (χ2n) is 8.47. The molecule has 1 saturated heterocycles. The molecule has 1 fully saturated rings. The molecule has 6 nitrogen and oxygen atoms in total. The number of aromatic nitrogens is 1. The molecule has 6 heteroatoms. The summed E-state index contributed by atoms with van der Waals surface area (Å²) < 4.78 is 0. The van der Waals surface area contributed by atoms with Crippen LogP contribution in [0.25, 0.3) is 0 Å². The minimum Gasteiger partial charge on any atom is -0.392 e. The molecule has 3 aromatic rings. The van der Waals surface area contributed by atoms with Gasteiger partial charge in [-0.3, -0.25) is 14.6 Å². The number of carbonyl (C=O) groups excluding carboxylic acids is 2. The van der Waals surface area contributed by atoms with Crippen molar-refractivity contribution in [1.29, 1.82) is 0 Å². The molecule has 0 aliphatic carbocycles. The molecule has 1 spiro atoms. The Morgan fingerprint density at radius 1 is 1.09 bits per heavy atom. The first-order valence-electron chi connectivity index (χ1n) is 10.9. The fourth-order valence-corrected chi connectivity index (χ4v) is 5.23.